The molecule has 2 heteroatoms. The summed E-state index contributed by atoms with van der Waals surface area (Å²) in [6, 6.07) is 0.391. The van der Waals surface area contributed by atoms with Gasteiger partial charge < -0.3 is 9.59 Å². The summed E-state index contributed by atoms with van der Waals surface area (Å²) in [5.41, 5.74) is -0.493. The average molecular weight is 369 g/mol. The Morgan fingerprint density at radius 3 is 1.92 bits per heavy atom. The van der Waals surface area contributed by atoms with Gasteiger partial charge in [0.25, 0.3) is 0 Å². The topological polar surface area (TPSA) is 20.2 Å². The first-order valence-corrected chi connectivity index (χ1v) is 11.8. The van der Waals surface area contributed by atoms with E-state index in [0.717, 1.165) is 22.7 Å². The second-order valence-electron chi connectivity index (χ2n) is 10.3. The number of hydrogen-bond donors (Lipinski definition) is 1. The van der Waals surface area contributed by atoms with Crippen LogP contribution in [0.2, 0.25) is 0 Å². The van der Waals surface area contributed by atoms with E-state index < -0.39 is 5.60 Å². The monoisotopic (exact) mass is 368 g/mol. The van der Waals surface area contributed by atoms with Crippen LogP contribution in [0.15, 0.2) is 0 Å². The highest BCUT2D eigenvalue weighted by atomic mass is 16.3. The molecule has 1 saturated carbocycles. The van der Waals surface area contributed by atoms with Crippen LogP contribution < -0.4 is 0 Å². The highest BCUT2D eigenvalue weighted by Crippen LogP contribution is 2.40. The van der Waals surface area contributed by atoms with Gasteiger partial charge in [0.15, 0.2) is 0 Å². The minimum Gasteiger partial charge on any atom is -0.384 e. The lowest BCUT2D eigenvalue weighted by Gasteiger charge is -2.50. The fraction of sp³-hybridized carbons (Fsp3) is 1.00. The van der Waals surface area contributed by atoms with Crippen molar-refractivity contribution in [1.29, 1.82) is 0 Å². The average Bonchev–Trinajstić information content (AvgIpc) is 2.55. The predicted molar refractivity (Wildman–Crippen MR) is 115 cm³/mol. The molecule has 1 aliphatic carbocycles. The van der Waals surface area contributed by atoms with E-state index in [4.69, 9.17) is 0 Å². The lowest BCUT2D eigenvalue weighted by Crippen LogP contribution is -2.62. The minimum atomic E-state index is -0.493. The second-order valence-corrected chi connectivity index (χ2v) is 10.3. The van der Waals surface area contributed by atoms with Crippen LogP contribution in [-0.4, -0.2) is 41.9 Å². The van der Waals surface area contributed by atoms with Crippen molar-refractivity contribution < 1.29 is 9.59 Å². The van der Waals surface area contributed by atoms with E-state index in [-0.39, 0.29) is 0 Å². The van der Waals surface area contributed by atoms with Crippen LogP contribution in [0.3, 0.4) is 0 Å². The molecule has 0 heterocycles. The van der Waals surface area contributed by atoms with Gasteiger partial charge >= 0.3 is 0 Å². The summed E-state index contributed by atoms with van der Waals surface area (Å²) in [5, 5.41) is 11.0. The number of aliphatic hydroxyl groups is 1. The van der Waals surface area contributed by atoms with Crippen molar-refractivity contribution in [2.24, 2.45) is 11.8 Å². The molecule has 0 radical (unpaired) electrons. The lowest BCUT2D eigenvalue weighted by atomic mass is 9.71. The fourth-order valence-electron chi connectivity index (χ4n) is 5.11. The summed E-state index contributed by atoms with van der Waals surface area (Å²) in [6.45, 7) is 10.3. The molecule has 26 heavy (non-hydrogen) atoms. The summed E-state index contributed by atoms with van der Waals surface area (Å²) in [4.78, 5) is 0. The lowest BCUT2D eigenvalue weighted by molar-refractivity contribution is -0.924. The van der Waals surface area contributed by atoms with E-state index in [9.17, 15) is 5.11 Å². The van der Waals surface area contributed by atoms with Crippen molar-refractivity contribution in [1.82, 2.24) is 0 Å². The van der Waals surface area contributed by atoms with Gasteiger partial charge in [-0.3, -0.25) is 0 Å². The number of rotatable bonds is 13. The third-order valence-corrected chi connectivity index (χ3v) is 7.14. The molecule has 0 aromatic carbocycles. The maximum absolute atomic E-state index is 11.0. The maximum Gasteiger partial charge on any atom is 0.118 e. The van der Waals surface area contributed by atoms with Crippen LogP contribution >= 0.6 is 0 Å². The molecule has 156 valence electrons. The van der Waals surface area contributed by atoms with E-state index in [1.165, 1.54) is 83.6 Å². The molecule has 0 aliphatic heterocycles. The summed E-state index contributed by atoms with van der Waals surface area (Å²) < 4.78 is 0.993. The molecule has 1 aliphatic rings. The molecule has 0 aromatic heterocycles. The fourth-order valence-corrected chi connectivity index (χ4v) is 5.11. The molecule has 0 bridgehead atoms. The van der Waals surface area contributed by atoms with E-state index in [2.05, 4.69) is 41.8 Å². The zero-order valence-electron chi connectivity index (χ0n) is 19.0. The smallest absolute Gasteiger partial charge is 0.118 e. The quantitative estimate of drug-likeness (QED) is 0.288. The molecule has 3 unspecified atom stereocenters. The Hall–Kier alpha value is -0.0800. The zero-order valence-corrected chi connectivity index (χ0v) is 19.0. The van der Waals surface area contributed by atoms with Crippen LogP contribution in [0.25, 0.3) is 0 Å². The standard InChI is InChI=1S/C24H50NO/c1-7-8-9-10-11-12-13-14-15-16-19-25(5,6)23-20-22(21(2)3)17-18-24(23,4)26/h21-23,26H,7-20H2,1-6H3/q+1. The van der Waals surface area contributed by atoms with Gasteiger partial charge in [0.2, 0.25) is 0 Å². The molecular weight excluding hydrogens is 318 g/mol. The second kappa shape index (κ2) is 11.7. The number of unbranched alkanes of at least 4 members (excludes halogenated alkanes) is 9. The van der Waals surface area contributed by atoms with E-state index in [1.807, 2.05) is 0 Å². The van der Waals surface area contributed by atoms with Gasteiger partial charge in [-0.2, -0.15) is 0 Å². The highest BCUT2D eigenvalue weighted by molar-refractivity contribution is 4.91. The van der Waals surface area contributed by atoms with Gasteiger partial charge in [-0.25, -0.2) is 0 Å². The summed E-state index contributed by atoms with van der Waals surface area (Å²) in [6.07, 6.45) is 17.3. The van der Waals surface area contributed by atoms with E-state index in [0.29, 0.717) is 6.04 Å². The molecule has 2 nitrogen and oxygen atoms in total. The highest BCUT2D eigenvalue weighted by Gasteiger charge is 2.47. The van der Waals surface area contributed by atoms with Crippen molar-refractivity contribution in [3.05, 3.63) is 0 Å². The molecule has 1 N–H and O–H groups in total. The Morgan fingerprint density at radius 2 is 1.42 bits per heavy atom. The Morgan fingerprint density at radius 1 is 0.923 bits per heavy atom. The molecule has 1 fully saturated rings. The molecule has 0 amide bonds. The van der Waals surface area contributed by atoms with Crippen molar-refractivity contribution in [2.45, 2.75) is 123 Å². The van der Waals surface area contributed by atoms with Crippen LogP contribution in [-0.2, 0) is 0 Å². The number of likely N-dealkylation sites (N-methyl/N-ethyl adjacent to an activating group) is 1. The van der Waals surface area contributed by atoms with Gasteiger partial charge in [0.05, 0.1) is 20.6 Å². The van der Waals surface area contributed by atoms with Crippen molar-refractivity contribution >= 4 is 0 Å². The molecule has 0 aromatic rings. The van der Waals surface area contributed by atoms with Crippen LogP contribution in [0.4, 0.5) is 0 Å². The summed E-state index contributed by atoms with van der Waals surface area (Å²) in [7, 11) is 4.71. The largest absolute Gasteiger partial charge is 0.384 e. The predicted octanol–water partition coefficient (Wildman–Crippen LogP) is 6.56. The number of nitrogens with zero attached hydrogens (tertiary/aromatic N) is 1. The van der Waals surface area contributed by atoms with E-state index in [1.54, 1.807) is 0 Å². The van der Waals surface area contributed by atoms with Crippen LogP contribution in [0.5, 0.6) is 0 Å². The molecule has 1 rings (SSSR count). The van der Waals surface area contributed by atoms with Crippen molar-refractivity contribution in [3.8, 4) is 0 Å². The van der Waals surface area contributed by atoms with Crippen molar-refractivity contribution in [2.75, 3.05) is 20.6 Å². The van der Waals surface area contributed by atoms with Gasteiger partial charge in [0, 0.05) is 6.42 Å². The summed E-state index contributed by atoms with van der Waals surface area (Å²) in [5.74, 6) is 1.52. The third kappa shape index (κ3) is 8.30. The van der Waals surface area contributed by atoms with Crippen LogP contribution in [0, 0.1) is 11.8 Å². The van der Waals surface area contributed by atoms with Gasteiger partial charge in [-0.05, 0) is 44.4 Å². The molecule has 0 saturated heterocycles. The Kier molecular flexibility index (Phi) is 10.8. The van der Waals surface area contributed by atoms with E-state index >= 15 is 0 Å². The van der Waals surface area contributed by atoms with Gasteiger partial charge in [0.1, 0.15) is 11.6 Å². The summed E-state index contributed by atoms with van der Waals surface area (Å²) >= 11 is 0. The molecule has 0 spiro atoms. The third-order valence-electron chi connectivity index (χ3n) is 7.14. The Balaban J connectivity index is 2.27. The Bertz CT molecular complexity index is 361. The van der Waals surface area contributed by atoms with Gasteiger partial charge in [-0.15, -0.1) is 0 Å². The maximum atomic E-state index is 11.0. The minimum absolute atomic E-state index is 0.391. The number of quaternary nitrogens is 1. The first-order chi connectivity index (χ1) is 12.2. The first-order valence-electron chi connectivity index (χ1n) is 11.8. The van der Waals surface area contributed by atoms with Gasteiger partial charge in [-0.1, -0.05) is 72.1 Å². The SMILES string of the molecule is CCCCCCCCCCCC[N+](C)(C)C1CC(C(C)C)CCC1(C)O. The number of hydrogen-bond acceptors (Lipinski definition) is 1. The first kappa shape index (κ1) is 24.0. The normalized spacial score (nSPS) is 27.2. The zero-order chi connectivity index (χ0) is 19.6. The molecule has 3 atom stereocenters. The van der Waals surface area contributed by atoms with Crippen LogP contribution in [0.1, 0.15) is 111 Å². The Labute approximate surface area is 165 Å². The molecular formula is C24H50NO+. The van der Waals surface area contributed by atoms with Crippen molar-refractivity contribution in [3.63, 3.8) is 0 Å².